The van der Waals surface area contributed by atoms with Crippen molar-refractivity contribution in [2.24, 2.45) is 0 Å². The molecule has 1 aromatic carbocycles. The Kier molecular flexibility index (Phi) is 4.69. The van der Waals surface area contributed by atoms with Crippen LogP contribution in [0.15, 0.2) is 12.1 Å². The van der Waals surface area contributed by atoms with Gasteiger partial charge in [0.05, 0.1) is 16.7 Å². The fourth-order valence-electron chi connectivity index (χ4n) is 1.42. The van der Waals surface area contributed by atoms with Crippen LogP contribution in [0, 0.1) is 0 Å². The lowest BCUT2D eigenvalue weighted by Crippen LogP contribution is -2.24. The zero-order valence-electron chi connectivity index (χ0n) is 11.9. The lowest BCUT2D eigenvalue weighted by atomic mass is 10.1. The highest BCUT2D eigenvalue weighted by Gasteiger charge is 2.21. The summed E-state index contributed by atoms with van der Waals surface area (Å²) in [5, 5.41) is 0.337. The summed E-state index contributed by atoms with van der Waals surface area (Å²) < 4.78 is 10.8. The Morgan fingerprint density at radius 1 is 1.32 bits per heavy atom. The molecule has 19 heavy (non-hydrogen) atoms. The smallest absolute Gasteiger partial charge is 0.340 e. The molecule has 0 unspecified atom stereocenters. The molecule has 106 valence electrons. The summed E-state index contributed by atoms with van der Waals surface area (Å²) >= 11 is 6.07. The third-order valence-corrected chi connectivity index (χ3v) is 2.38. The van der Waals surface area contributed by atoms with Gasteiger partial charge in [-0.25, -0.2) is 4.79 Å². The van der Waals surface area contributed by atoms with Crippen molar-refractivity contribution in [1.82, 2.24) is 0 Å². The van der Waals surface area contributed by atoms with Crippen molar-refractivity contribution in [3.63, 3.8) is 0 Å². The van der Waals surface area contributed by atoms with Crippen molar-refractivity contribution >= 4 is 23.3 Å². The number of halogens is 1. The van der Waals surface area contributed by atoms with E-state index in [1.165, 1.54) is 6.07 Å². The number of carbonyl (C=O) groups excluding carboxylic acids is 1. The molecule has 0 saturated heterocycles. The Morgan fingerprint density at radius 3 is 2.37 bits per heavy atom. The maximum atomic E-state index is 12.0. The van der Waals surface area contributed by atoms with E-state index < -0.39 is 11.6 Å². The average Bonchev–Trinajstić information content (AvgIpc) is 2.19. The number of nitrogens with two attached hydrogens (primary N) is 1. The molecular formula is C14H20ClNO3. The Labute approximate surface area is 118 Å². The summed E-state index contributed by atoms with van der Waals surface area (Å²) in [6.45, 7) is 9.14. The highest BCUT2D eigenvalue weighted by molar-refractivity contribution is 6.32. The SMILES string of the molecule is CC(C)Oc1cc(N)c(C(=O)OC(C)(C)C)cc1Cl. The van der Waals surface area contributed by atoms with Crippen LogP contribution in [0.3, 0.4) is 0 Å². The first kappa shape index (κ1) is 15.6. The highest BCUT2D eigenvalue weighted by Crippen LogP contribution is 2.31. The van der Waals surface area contributed by atoms with E-state index in [0.29, 0.717) is 10.8 Å². The zero-order valence-corrected chi connectivity index (χ0v) is 12.7. The fraction of sp³-hybridized carbons (Fsp3) is 0.500. The number of anilines is 1. The topological polar surface area (TPSA) is 61.5 Å². The van der Waals surface area contributed by atoms with Crippen LogP contribution in [0.2, 0.25) is 5.02 Å². The number of carbonyl (C=O) groups is 1. The number of nitrogen functional groups attached to an aromatic ring is 1. The van der Waals surface area contributed by atoms with Crippen LogP contribution in [0.1, 0.15) is 45.0 Å². The van der Waals surface area contributed by atoms with E-state index in [1.807, 2.05) is 13.8 Å². The molecule has 0 spiro atoms. The molecule has 0 aliphatic heterocycles. The minimum absolute atomic E-state index is 0.0238. The summed E-state index contributed by atoms with van der Waals surface area (Å²) in [6, 6.07) is 3.02. The van der Waals surface area contributed by atoms with Gasteiger partial charge in [0.15, 0.2) is 0 Å². The minimum Gasteiger partial charge on any atom is -0.489 e. The normalized spacial score (nSPS) is 11.5. The number of benzene rings is 1. The molecule has 0 saturated carbocycles. The molecule has 5 heteroatoms. The van der Waals surface area contributed by atoms with E-state index in [0.717, 1.165) is 0 Å². The van der Waals surface area contributed by atoms with E-state index in [4.69, 9.17) is 26.8 Å². The molecule has 0 aliphatic rings. The summed E-state index contributed by atoms with van der Waals surface area (Å²) in [4.78, 5) is 12.0. The number of hydrogen-bond donors (Lipinski definition) is 1. The van der Waals surface area contributed by atoms with E-state index in [9.17, 15) is 4.79 Å². The standard InChI is InChI=1S/C14H20ClNO3/c1-8(2)18-12-7-11(16)9(6-10(12)15)13(17)19-14(3,4)5/h6-8H,16H2,1-5H3. The molecule has 2 N–H and O–H groups in total. The van der Waals surface area contributed by atoms with Crippen LogP contribution in [-0.2, 0) is 4.74 Å². The first-order valence-electron chi connectivity index (χ1n) is 6.09. The largest absolute Gasteiger partial charge is 0.489 e. The molecule has 0 atom stereocenters. The van der Waals surface area contributed by atoms with Gasteiger partial charge in [0, 0.05) is 11.8 Å². The monoisotopic (exact) mass is 285 g/mol. The first-order chi connectivity index (χ1) is 8.60. The number of rotatable bonds is 3. The summed E-state index contributed by atoms with van der Waals surface area (Å²) in [5.41, 5.74) is 5.80. The minimum atomic E-state index is -0.580. The Morgan fingerprint density at radius 2 is 1.89 bits per heavy atom. The molecule has 0 heterocycles. The van der Waals surface area contributed by atoms with Crippen molar-refractivity contribution in [1.29, 1.82) is 0 Å². The van der Waals surface area contributed by atoms with Gasteiger partial charge in [0.25, 0.3) is 0 Å². The van der Waals surface area contributed by atoms with Crippen molar-refractivity contribution in [3.05, 3.63) is 22.7 Å². The van der Waals surface area contributed by atoms with Crippen LogP contribution in [0.25, 0.3) is 0 Å². The van der Waals surface area contributed by atoms with E-state index in [2.05, 4.69) is 0 Å². The predicted molar refractivity (Wildman–Crippen MR) is 76.8 cm³/mol. The Bertz CT molecular complexity index is 478. The van der Waals surface area contributed by atoms with E-state index in [-0.39, 0.29) is 17.4 Å². The molecular weight excluding hydrogens is 266 g/mol. The molecule has 1 aromatic rings. The summed E-state index contributed by atoms with van der Waals surface area (Å²) in [5.74, 6) is -0.0375. The number of esters is 1. The van der Waals surface area contributed by atoms with Crippen molar-refractivity contribution in [2.45, 2.75) is 46.3 Å². The van der Waals surface area contributed by atoms with Gasteiger partial charge in [-0.1, -0.05) is 11.6 Å². The van der Waals surface area contributed by atoms with Crippen LogP contribution in [0.4, 0.5) is 5.69 Å². The first-order valence-corrected chi connectivity index (χ1v) is 6.47. The molecule has 1 rings (SSSR count). The second kappa shape index (κ2) is 5.70. The molecule has 0 radical (unpaired) electrons. The van der Waals surface area contributed by atoms with Gasteiger partial charge in [-0.05, 0) is 40.7 Å². The molecule has 0 amide bonds. The van der Waals surface area contributed by atoms with Crippen LogP contribution < -0.4 is 10.5 Å². The average molecular weight is 286 g/mol. The van der Waals surface area contributed by atoms with E-state index in [1.54, 1.807) is 26.8 Å². The van der Waals surface area contributed by atoms with Gasteiger partial charge in [0.2, 0.25) is 0 Å². The lowest BCUT2D eigenvalue weighted by molar-refractivity contribution is 0.00708. The summed E-state index contributed by atoms with van der Waals surface area (Å²) in [7, 11) is 0. The van der Waals surface area contributed by atoms with E-state index >= 15 is 0 Å². The van der Waals surface area contributed by atoms with Gasteiger partial charge < -0.3 is 15.2 Å². The molecule has 0 aliphatic carbocycles. The van der Waals surface area contributed by atoms with Crippen LogP contribution in [0.5, 0.6) is 5.75 Å². The summed E-state index contributed by atoms with van der Waals surface area (Å²) in [6.07, 6.45) is -0.0238. The van der Waals surface area contributed by atoms with Gasteiger partial charge in [-0.3, -0.25) is 0 Å². The quantitative estimate of drug-likeness (QED) is 0.680. The van der Waals surface area contributed by atoms with Gasteiger partial charge in [-0.15, -0.1) is 0 Å². The maximum Gasteiger partial charge on any atom is 0.340 e. The highest BCUT2D eigenvalue weighted by atomic mass is 35.5. The molecule has 0 bridgehead atoms. The molecule has 0 fully saturated rings. The van der Waals surface area contributed by atoms with Crippen molar-refractivity contribution in [3.8, 4) is 5.75 Å². The lowest BCUT2D eigenvalue weighted by Gasteiger charge is -2.20. The van der Waals surface area contributed by atoms with Gasteiger partial charge >= 0.3 is 5.97 Å². The third-order valence-electron chi connectivity index (χ3n) is 2.09. The fourth-order valence-corrected chi connectivity index (χ4v) is 1.63. The Balaban J connectivity index is 3.05. The predicted octanol–water partition coefficient (Wildman–Crippen LogP) is 3.66. The maximum absolute atomic E-state index is 12.0. The number of hydrogen-bond acceptors (Lipinski definition) is 4. The Hall–Kier alpha value is -1.42. The second-order valence-electron chi connectivity index (χ2n) is 5.54. The second-order valence-corrected chi connectivity index (χ2v) is 5.95. The van der Waals surface area contributed by atoms with Gasteiger partial charge in [-0.2, -0.15) is 0 Å². The van der Waals surface area contributed by atoms with Gasteiger partial charge in [0.1, 0.15) is 11.4 Å². The number of ether oxygens (including phenoxy) is 2. The van der Waals surface area contributed by atoms with Crippen LogP contribution in [-0.4, -0.2) is 17.7 Å². The van der Waals surface area contributed by atoms with Crippen molar-refractivity contribution in [2.75, 3.05) is 5.73 Å². The molecule has 4 nitrogen and oxygen atoms in total. The third kappa shape index (κ3) is 4.63. The van der Waals surface area contributed by atoms with Crippen molar-refractivity contribution < 1.29 is 14.3 Å². The van der Waals surface area contributed by atoms with Crippen LogP contribution >= 0.6 is 11.6 Å². The zero-order chi connectivity index (χ0) is 14.8. The molecule has 0 aromatic heterocycles.